The molecule has 0 bridgehead atoms. The Balaban J connectivity index is 1.78. The first kappa shape index (κ1) is 14.9. The van der Waals surface area contributed by atoms with Crippen LogP contribution in [0.25, 0.3) is 11.4 Å². The smallest absolute Gasteiger partial charge is 0.243 e. The van der Waals surface area contributed by atoms with E-state index in [9.17, 15) is 8.42 Å². The van der Waals surface area contributed by atoms with E-state index in [2.05, 4.69) is 37.0 Å². The molecular weight excluding hydrogens is 304 g/mol. The normalized spacial score (nSPS) is 16.9. The molecule has 1 aliphatic rings. The molecule has 0 radical (unpaired) electrons. The molecule has 1 aliphatic heterocycles. The molecule has 0 amide bonds. The van der Waals surface area contributed by atoms with Crippen molar-refractivity contribution in [3.8, 4) is 11.4 Å². The van der Waals surface area contributed by atoms with Crippen molar-refractivity contribution in [1.29, 1.82) is 0 Å². The van der Waals surface area contributed by atoms with Crippen molar-refractivity contribution in [3.05, 3.63) is 18.3 Å². The van der Waals surface area contributed by atoms with Crippen molar-refractivity contribution in [2.45, 2.75) is 5.16 Å². The van der Waals surface area contributed by atoms with E-state index in [0.29, 0.717) is 11.4 Å². The number of aromatic amines is 1. The highest BCUT2D eigenvalue weighted by Crippen LogP contribution is 2.19. The standard InChI is InChI=1S/C13H18N6O2S/c1-18-5-7-19(8-6-18)11-4-3-10(9-14-11)12-15-13(17-16-12)22(2,20)21/h3-4,9H,5-8H2,1-2H3,(H,15,16,17). The summed E-state index contributed by atoms with van der Waals surface area (Å²) < 4.78 is 22.8. The number of H-pyrrole nitrogens is 1. The Morgan fingerprint density at radius 2 is 1.91 bits per heavy atom. The summed E-state index contributed by atoms with van der Waals surface area (Å²) in [6.45, 7) is 3.92. The summed E-state index contributed by atoms with van der Waals surface area (Å²) in [5.74, 6) is 1.24. The summed E-state index contributed by atoms with van der Waals surface area (Å²) in [6.07, 6.45) is 2.76. The van der Waals surface area contributed by atoms with Crippen LogP contribution in [0.1, 0.15) is 0 Å². The van der Waals surface area contributed by atoms with Crippen molar-refractivity contribution >= 4 is 15.7 Å². The molecule has 0 unspecified atom stereocenters. The average molecular weight is 322 g/mol. The lowest BCUT2D eigenvalue weighted by atomic mass is 10.2. The Morgan fingerprint density at radius 3 is 2.45 bits per heavy atom. The summed E-state index contributed by atoms with van der Waals surface area (Å²) in [4.78, 5) is 12.9. The number of sulfone groups is 1. The number of piperazine rings is 1. The zero-order valence-corrected chi connectivity index (χ0v) is 13.3. The van der Waals surface area contributed by atoms with E-state index in [1.165, 1.54) is 0 Å². The van der Waals surface area contributed by atoms with E-state index in [1.54, 1.807) is 6.20 Å². The maximum atomic E-state index is 11.4. The highest BCUT2D eigenvalue weighted by atomic mass is 32.2. The van der Waals surface area contributed by atoms with Crippen molar-refractivity contribution in [1.82, 2.24) is 25.1 Å². The highest BCUT2D eigenvalue weighted by Gasteiger charge is 2.17. The zero-order valence-electron chi connectivity index (χ0n) is 12.5. The Hall–Kier alpha value is -2.00. The number of nitrogens with zero attached hydrogens (tertiary/aromatic N) is 5. The van der Waals surface area contributed by atoms with E-state index in [-0.39, 0.29) is 5.16 Å². The minimum atomic E-state index is -3.38. The van der Waals surface area contributed by atoms with Crippen LogP contribution in [0.4, 0.5) is 5.82 Å². The SMILES string of the molecule is CN1CCN(c2ccc(-c3n[nH]c(S(C)(=O)=O)n3)cn2)CC1. The molecule has 3 rings (SSSR count). The van der Waals surface area contributed by atoms with Gasteiger partial charge >= 0.3 is 0 Å². The van der Waals surface area contributed by atoms with E-state index >= 15 is 0 Å². The van der Waals surface area contributed by atoms with Crippen molar-refractivity contribution in [3.63, 3.8) is 0 Å². The molecule has 0 atom stereocenters. The van der Waals surface area contributed by atoms with Gasteiger partial charge in [0.15, 0.2) is 5.82 Å². The van der Waals surface area contributed by atoms with Gasteiger partial charge in [-0.2, -0.15) is 10.1 Å². The van der Waals surface area contributed by atoms with Crippen molar-refractivity contribution in [2.75, 3.05) is 44.4 Å². The fourth-order valence-corrected chi connectivity index (χ4v) is 2.75. The summed E-state index contributed by atoms with van der Waals surface area (Å²) in [7, 11) is -1.28. The lowest BCUT2D eigenvalue weighted by molar-refractivity contribution is 0.312. The first-order valence-corrected chi connectivity index (χ1v) is 8.85. The number of rotatable bonds is 3. The molecule has 0 saturated carbocycles. The summed E-state index contributed by atoms with van der Waals surface area (Å²) in [5.41, 5.74) is 0.684. The molecule has 0 spiro atoms. The zero-order chi connectivity index (χ0) is 15.7. The number of nitrogens with one attached hydrogen (secondary N) is 1. The third-order valence-corrected chi connectivity index (χ3v) is 4.53. The van der Waals surface area contributed by atoms with Gasteiger partial charge in [0, 0.05) is 44.2 Å². The summed E-state index contributed by atoms with van der Waals surface area (Å²) >= 11 is 0. The number of pyridine rings is 1. The van der Waals surface area contributed by atoms with Crippen LogP contribution in [0.2, 0.25) is 0 Å². The Morgan fingerprint density at radius 1 is 1.18 bits per heavy atom. The lowest BCUT2D eigenvalue weighted by Gasteiger charge is -2.33. The van der Waals surface area contributed by atoms with Crippen LogP contribution >= 0.6 is 0 Å². The molecule has 9 heteroatoms. The number of likely N-dealkylation sites (N-methyl/N-ethyl adjacent to an activating group) is 1. The molecule has 3 heterocycles. The first-order chi connectivity index (χ1) is 10.4. The van der Waals surface area contributed by atoms with Gasteiger partial charge in [-0.25, -0.2) is 18.5 Å². The monoisotopic (exact) mass is 322 g/mol. The van der Waals surface area contributed by atoms with Gasteiger partial charge in [0.2, 0.25) is 15.0 Å². The van der Waals surface area contributed by atoms with Crippen LogP contribution in [0.15, 0.2) is 23.5 Å². The van der Waals surface area contributed by atoms with Crippen LogP contribution in [-0.2, 0) is 9.84 Å². The maximum absolute atomic E-state index is 11.4. The Labute approximate surface area is 129 Å². The van der Waals surface area contributed by atoms with Crippen LogP contribution < -0.4 is 4.90 Å². The molecule has 8 nitrogen and oxygen atoms in total. The Kier molecular flexibility index (Phi) is 3.83. The van der Waals surface area contributed by atoms with E-state index < -0.39 is 9.84 Å². The topological polar surface area (TPSA) is 95.1 Å². The first-order valence-electron chi connectivity index (χ1n) is 6.96. The Bertz CT molecular complexity index is 747. The van der Waals surface area contributed by atoms with Crippen molar-refractivity contribution < 1.29 is 8.42 Å². The molecule has 1 N–H and O–H groups in total. The molecular formula is C13H18N6O2S. The van der Waals surface area contributed by atoms with Gasteiger partial charge in [-0.1, -0.05) is 0 Å². The van der Waals surface area contributed by atoms with Gasteiger partial charge in [-0.05, 0) is 19.2 Å². The molecule has 118 valence electrons. The predicted molar refractivity (Wildman–Crippen MR) is 82.4 cm³/mol. The van der Waals surface area contributed by atoms with Crippen LogP contribution in [0.3, 0.4) is 0 Å². The van der Waals surface area contributed by atoms with E-state index in [4.69, 9.17) is 0 Å². The number of aromatic nitrogens is 4. The van der Waals surface area contributed by atoms with Gasteiger partial charge in [-0.15, -0.1) is 0 Å². The fourth-order valence-electron chi connectivity index (χ4n) is 2.28. The van der Waals surface area contributed by atoms with E-state index in [1.807, 2.05) is 12.1 Å². The van der Waals surface area contributed by atoms with Gasteiger partial charge < -0.3 is 9.80 Å². The molecule has 2 aromatic rings. The minimum absolute atomic E-state index is 0.134. The molecule has 0 aromatic carbocycles. The second-order valence-corrected chi connectivity index (χ2v) is 7.36. The largest absolute Gasteiger partial charge is 0.354 e. The highest BCUT2D eigenvalue weighted by molar-refractivity contribution is 7.90. The maximum Gasteiger partial charge on any atom is 0.243 e. The van der Waals surface area contributed by atoms with Gasteiger partial charge in [0.1, 0.15) is 5.82 Å². The van der Waals surface area contributed by atoms with Crippen molar-refractivity contribution in [2.24, 2.45) is 0 Å². The van der Waals surface area contributed by atoms with Crippen LogP contribution in [0, 0.1) is 0 Å². The third-order valence-electron chi connectivity index (χ3n) is 3.65. The minimum Gasteiger partial charge on any atom is -0.354 e. The van der Waals surface area contributed by atoms with Gasteiger partial charge in [0.25, 0.3) is 0 Å². The number of hydrogen-bond acceptors (Lipinski definition) is 7. The predicted octanol–water partition coefficient (Wildman–Crippen LogP) is 0.0220. The molecule has 2 aromatic heterocycles. The summed E-state index contributed by atoms with van der Waals surface area (Å²) in [6, 6.07) is 3.77. The average Bonchev–Trinajstić information content (AvgIpc) is 2.98. The van der Waals surface area contributed by atoms with Gasteiger partial charge in [-0.3, -0.25) is 0 Å². The second kappa shape index (κ2) is 5.65. The molecule has 0 aliphatic carbocycles. The van der Waals surface area contributed by atoms with Crippen LogP contribution in [0.5, 0.6) is 0 Å². The lowest BCUT2D eigenvalue weighted by Crippen LogP contribution is -2.44. The summed E-state index contributed by atoms with van der Waals surface area (Å²) in [5, 5.41) is 6.23. The number of anilines is 1. The quantitative estimate of drug-likeness (QED) is 0.851. The van der Waals surface area contributed by atoms with E-state index in [0.717, 1.165) is 38.3 Å². The fraction of sp³-hybridized carbons (Fsp3) is 0.462. The third kappa shape index (κ3) is 3.09. The number of hydrogen-bond donors (Lipinski definition) is 1. The molecule has 1 saturated heterocycles. The second-order valence-electron chi connectivity index (χ2n) is 5.43. The van der Waals surface area contributed by atoms with Crippen LogP contribution in [-0.4, -0.2) is 73.0 Å². The molecule has 22 heavy (non-hydrogen) atoms. The molecule has 1 fully saturated rings. The van der Waals surface area contributed by atoms with Gasteiger partial charge in [0.05, 0.1) is 0 Å².